The highest BCUT2D eigenvalue weighted by atomic mass is 35.5. The van der Waals surface area contributed by atoms with Crippen LogP contribution in [0.25, 0.3) is 0 Å². The van der Waals surface area contributed by atoms with E-state index in [1.165, 1.54) is 12.8 Å². The smallest absolute Gasteiger partial charge is 0.129 e. The van der Waals surface area contributed by atoms with E-state index in [1.54, 1.807) is 0 Å². The summed E-state index contributed by atoms with van der Waals surface area (Å²) in [6.45, 7) is 8.90. The maximum Gasteiger partial charge on any atom is 0.129 e. The SMILES string of the molecule is Cc1cc(CCl)cc(N2CCCC(C)(C)C2)n1. The van der Waals surface area contributed by atoms with Gasteiger partial charge in [-0.25, -0.2) is 4.98 Å². The number of anilines is 1. The molecule has 0 spiro atoms. The summed E-state index contributed by atoms with van der Waals surface area (Å²) in [6.07, 6.45) is 2.55. The lowest BCUT2D eigenvalue weighted by molar-refractivity contribution is 0.292. The molecule has 1 aliphatic heterocycles. The molecule has 0 aromatic carbocycles. The van der Waals surface area contributed by atoms with Crippen LogP contribution in [0.4, 0.5) is 5.82 Å². The molecular formula is C14H21ClN2. The topological polar surface area (TPSA) is 16.1 Å². The summed E-state index contributed by atoms with van der Waals surface area (Å²) in [5.41, 5.74) is 2.62. The number of hydrogen-bond acceptors (Lipinski definition) is 2. The summed E-state index contributed by atoms with van der Waals surface area (Å²) in [5.74, 6) is 1.65. The van der Waals surface area contributed by atoms with Crippen LogP contribution in [0.3, 0.4) is 0 Å². The monoisotopic (exact) mass is 252 g/mol. The Bertz CT molecular complexity index is 401. The summed E-state index contributed by atoms with van der Waals surface area (Å²) in [5, 5.41) is 0. The van der Waals surface area contributed by atoms with Crippen LogP contribution in [-0.2, 0) is 5.88 Å². The maximum absolute atomic E-state index is 5.92. The van der Waals surface area contributed by atoms with E-state index in [4.69, 9.17) is 11.6 Å². The third kappa shape index (κ3) is 3.12. The third-order valence-electron chi connectivity index (χ3n) is 3.38. The average Bonchev–Trinajstić information content (AvgIpc) is 2.27. The van der Waals surface area contributed by atoms with Crippen molar-refractivity contribution in [2.45, 2.75) is 39.5 Å². The number of hydrogen-bond donors (Lipinski definition) is 0. The number of pyridine rings is 1. The number of rotatable bonds is 2. The molecular weight excluding hydrogens is 232 g/mol. The van der Waals surface area contributed by atoms with Crippen molar-refractivity contribution in [3.8, 4) is 0 Å². The lowest BCUT2D eigenvalue weighted by atomic mass is 9.84. The number of aromatic nitrogens is 1. The predicted octanol–water partition coefficient (Wildman–Crippen LogP) is 3.76. The maximum atomic E-state index is 5.92. The van der Waals surface area contributed by atoms with Gasteiger partial charge in [-0.2, -0.15) is 0 Å². The van der Waals surface area contributed by atoms with Gasteiger partial charge in [-0.15, -0.1) is 11.6 Å². The van der Waals surface area contributed by atoms with Gasteiger partial charge in [0.25, 0.3) is 0 Å². The molecule has 0 amide bonds. The average molecular weight is 253 g/mol. The van der Waals surface area contributed by atoms with Crippen LogP contribution in [0.1, 0.15) is 37.9 Å². The van der Waals surface area contributed by atoms with Crippen molar-refractivity contribution in [3.63, 3.8) is 0 Å². The van der Waals surface area contributed by atoms with E-state index in [-0.39, 0.29) is 0 Å². The van der Waals surface area contributed by atoms with Crippen molar-refractivity contribution in [1.82, 2.24) is 4.98 Å². The van der Waals surface area contributed by atoms with Crippen LogP contribution in [0, 0.1) is 12.3 Å². The molecule has 1 fully saturated rings. The highest BCUT2D eigenvalue weighted by Gasteiger charge is 2.27. The van der Waals surface area contributed by atoms with Gasteiger partial charge in [0.2, 0.25) is 0 Å². The first kappa shape index (κ1) is 12.7. The summed E-state index contributed by atoms with van der Waals surface area (Å²) < 4.78 is 0. The number of piperidine rings is 1. The molecule has 3 heteroatoms. The minimum atomic E-state index is 0.394. The third-order valence-corrected chi connectivity index (χ3v) is 3.69. The molecule has 0 bridgehead atoms. The van der Waals surface area contributed by atoms with Crippen molar-refractivity contribution in [3.05, 3.63) is 23.4 Å². The highest BCUT2D eigenvalue weighted by molar-refractivity contribution is 6.17. The van der Waals surface area contributed by atoms with E-state index >= 15 is 0 Å². The van der Waals surface area contributed by atoms with Crippen molar-refractivity contribution >= 4 is 17.4 Å². The number of aryl methyl sites for hydroxylation is 1. The molecule has 1 aromatic heterocycles. The zero-order valence-corrected chi connectivity index (χ0v) is 11.7. The van der Waals surface area contributed by atoms with Gasteiger partial charge >= 0.3 is 0 Å². The van der Waals surface area contributed by atoms with Crippen LogP contribution in [0.15, 0.2) is 12.1 Å². The second-order valence-corrected chi connectivity index (χ2v) is 6.07. The standard InChI is InChI=1S/C14H21ClN2/c1-11-7-12(9-15)8-13(16-11)17-6-4-5-14(2,3)10-17/h7-8H,4-6,9-10H2,1-3H3. The molecule has 0 aliphatic carbocycles. The summed E-state index contributed by atoms with van der Waals surface area (Å²) in [6, 6.07) is 4.19. The van der Waals surface area contributed by atoms with Gasteiger partial charge in [0.15, 0.2) is 0 Å². The Morgan fingerprint density at radius 3 is 2.82 bits per heavy atom. The molecule has 1 aromatic rings. The van der Waals surface area contributed by atoms with Crippen LogP contribution in [0.5, 0.6) is 0 Å². The normalized spacial score (nSPS) is 19.4. The first-order chi connectivity index (χ1) is 8.00. The fourth-order valence-electron chi connectivity index (χ4n) is 2.58. The number of alkyl halides is 1. The Morgan fingerprint density at radius 1 is 1.41 bits per heavy atom. The Labute approximate surface area is 109 Å². The molecule has 0 atom stereocenters. The van der Waals surface area contributed by atoms with Crippen LogP contribution in [-0.4, -0.2) is 18.1 Å². The van der Waals surface area contributed by atoms with Crippen LogP contribution < -0.4 is 4.90 Å². The van der Waals surface area contributed by atoms with E-state index in [9.17, 15) is 0 Å². The molecule has 0 N–H and O–H groups in total. The molecule has 0 saturated carbocycles. The van der Waals surface area contributed by atoms with Crippen molar-refractivity contribution in [2.24, 2.45) is 5.41 Å². The molecule has 94 valence electrons. The minimum absolute atomic E-state index is 0.394. The lowest BCUT2D eigenvalue weighted by Crippen LogP contribution is -2.40. The van der Waals surface area contributed by atoms with Crippen molar-refractivity contribution in [1.29, 1.82) is 0 Å². The second-order valence-electron chi connectivity index (χ2n) is 5.80. The first-order valence-electron chi connectivity index (χ1n) is 6.29. The zero-order chi connectivity index (χ0) is 12.5. The van der Waals surface area contributed by atoms with E-state index in [1.807, 2.05) is 6.92 Å². The first-order valence-corrected chi connectivity index (χ1v) is 6.82. The Kier molecular flexibility index (Phi) is 3.62. The van der Waals surface area contributed by atoms with Gasteiger partial charge in [-0.1, -0.05) is 13.8 Å². The van der Waals surface area contributed by atoms with E-state index in [2.05, 4.69) is 35.9 Å². The van der Waals surface area contributed by atoms with Gasteiger partial charge < -0.3 is 4.90 Å². The number of nitrogens with zero attached hydrogens (tertiary/aromatic N) is 2. The summed E-state index contributed by atoms with van der Waals surface area (Å²) >= 11 is 5.92. The second kappa shape index (κ2) is 4.85. The fourth-order valence-corrected chi connectivity index (χ4v) is 2.73. The molecule has 1 saturated heterocycles. The Balaban J connectivity index is 2.24. The molecule has 17 heavy (non-hydrogen) atoms. The Hall–Kier alpha value is -0.760. The van der Waals surface area contributed by atoms with Gasteiger partial charge in [-0.3, -0.25) is 0 Å². The number of halogens is 1. The van der Waals surface area contributed by atoms with Crippen LogP contribution >= 0.6 is 11.6 Å². The largest absolute Gasteiger partial charge is 0.356 e. The fraction of sp³-hybridized carbons (Fsp3) is 0.643. The molecule has 0 unspecified atom stereocenters. The highest BCUT2D eigenvalue weighted by Crippen LogP contribution is 2.31. The summed E-state index contributed by atoms with van der Waals surface area (Å²) in [7, 11) is 0. The zero-order valence-electron chi connectivity index (χ0n) is 11.0. The van der Waals surface area contributed by atoms with Gasteiger partial charge in [0.05, 0.1) is 0 Å². The summed E-state index contributed by atoms with van der Waals surface area (Å²) in [4.78, 5) is 7.03. The van der Waals surface area contributed by atoms with E-state index in [0.717, 1.165) is 30.2 Å². The minimum Gasteiger partial charge on any atom is -0.356 e. The molecule has 1 aliphatic rings. The quantitative estimate of drug-likeness (QED) is 0.746. The van der Waals surface area contributed by atoms with Crippen LogP contribution in [0.2, 0.25) is 0 Å². The van der Waals surface area contributed by atoms with Crippen molar-refractivity contribution in [2.75, 3.05) is 18.0 Å². The van der Waals surface area contributed by atoms with E-state index < -0.39 is 0 Å². The van der Waals surface area contributed by atoms with E-state index in [0.29, 0.717) is 11.3 Å². The van der Waals surface area contributed by atoms with Gasteiger partial charge in [-0.05, 0) is 42.9 Å². The van der Waals surface area contributed by atoms with Gasteiger partial charge in [0.1, 0.15) is 5.82 Å². The molecule has 2 rings (SSSR count). The lowest BCUT2D eigenvalue weighted by Gasteiger charge is -2.39. The molecule has 2 nitrogen and oxygen atoms in total. The molecule has 0 radical (unpaired) electrons. The Morgan fingerprint density at radius 2 is 2.18 bits per heavy atom. The molecule has 2 heterocycles. The van der Waals surface area contributed by atoms with Crippen molar-refractivity contribution < 1.29 is 0 Å². The predicted molar refractivity (Wildman–Crippen MR) is 73.8 cm³/mol. The van der Waals surface area contributed by atoms with Gasteiger partial charge in [0, 0.05) is 24.7 Å².